The van der Waals surface area contributed by atoms with Gasteiger partial charge < -0.3 is 15.2 Å². The second kappa shape index (κ2) is 6.55. The van der Waals surface area contributed by atoms with Gasteiger partial charge in [0.2, 0.25) is 0 Å². The Kier molecular flexibility index (Phi) is 6.60. The fourth-order valence-electron chi connectivity index (χ4n) is 0.864. The van der Waals surface area contributed by atoms with Gasteiger partial charge in [-0.05, 0) is 32.7 Å². The number of rotatable bonds is 7. The van der Waals surface area contributed by atoms with Gasteiger partial charge in [-0.2, -0.15) is 0 Å². The minimum absolute atomic E-state index is 0.145. The van der Waals surface area contributed by atoms with Crippen LogP contribution in [0.3, 0.4) is 0 Å². The lowest BCUT2D eigenvalue weighted by Crippen LogP contribution is -2.07. The molecule has 0 bridgehead atoms. The molecule has 0 rings (SSSR count). The SMILES string of the molecule is CCC(C)OP(=O)(O)CCCCN. The highest BCUT2D eigenvalue weighted by Crippen LogP contribution is 2.44. The molecule has 4 nitrogen and oxygen atoms in total. The Morgan fingerprint density at radius 1 is 1.54 bits per heavy atom. The number of unbranched alkanes of at least 4 members (excludes halogenated alkanes) is 1. The predicted octanol–water partition coefficient (Wildman–Crippen LogP) is 1.73. The van der Waals surface area contributed by atoms with E-state index in [1.54, 1.807) is 6.92 Å². The molecule has 2 unspecified atom stereocenters. The van der Waals surface area contributed by atoms with Crippen molar-refractivity contribution >= 4 is 7.60 Å². The smallest absolute Gasteiger partial charge is 0.328 e. The fourth-order valence-corrected chi connectivity index (χ4v) is 2.30. The van der Waals surface area contributed by atoms with E-state index in [4.69, 9.17) is 10.3 Å². The van der Waals surface area contributed by atoms with E-state index < -0.39 is 7.60 Å². The second-order valence-corrected chi connectivity index (χ2v) is 5.11. The third-order valence-electron chi connectivity index (χ3n) is 1.81. The van der Waals surface area contributed by atoms with Crippen molar-refractivity contribution in [3.05, 3.63) is 0 Å². The van der Waals surface area contributed by atoms with Crippen LogP contribution in [0.15, 0.2) is 0 Å². The van der Waals surface area contributed by atoms with E-state index in [1.807, 2.05) is 6.92 Å². The van der Waals surface area contributed by atoms with Gasteiger partial charge in [-0.3, -0.25) is 4.57 Å². The van der Waals surface area contributed by atoms with Crippen LogP contribution in [0.25, 0.3) is 0 Å². The van der Waals surface area contributed by atoms with Gasteiger partial charge >= 0.3 is 7.60 Å². The molecule has 0 aromatic carbocycles. The van der Waals surface area contributed by atoms with Gasteiger partial charge in [-0.1, -0.05) is 6.92 Å². The Hall–Kier alpha value is 0.110. The Bertz CT molecular complexity index is 175. The van der Waals surface area contributed by atoms with Gasteiger partial charge in [0.1, 0.15) is 0 Å². The average molecular weight is 209 g/mol. The van der Waals surface area contributed by atoms with Crippen LogP contribution in [0.1, 0.15) is 33.1 Å². The Morgan fingerprint density at radius 2 is 2.15 bits per heavy atom. The van der Waals surface area contributed by atoms with Crippen molar-refractivity contribution < 1.29 is 14.0 Å². The third-order valence-corrected chi connectivity index (χ3v) is 3.39. The summed E-state index contributed by atoms with van der Waals surface area (Å²) >= 11 is 0. The van der Waals surface area contributed by atoms with Crippen molar-refractivity contribution in [2.24, 2.45) is 5.73 Å². The van der Waals surface area contributed by atoms with Gasteiger partial charge in [-0.15, -0.1) is 0 Å². The van der Waals surface area contributed by atoms with E-state index in [-0.39, 0.29) is 12.3 Å². The summed E-state index contributed by atoms with van der Waals surface area (Å²) in [5.74, 6) is 0. The molecule has 3 N–H and O–H groups in total. The standard InChI is InChI=1S/C8H20NO3P/c1-3-8(2)12-13(10,11)7-5-4-6-9/h8H,3-7,9H2,1-2H3,(H,10,11). The average Bonchev–Trinajstić information content (AvgIpc) is 2.03. The van der Waals surface area contributed by atoms with Crippen LogP contribution in [-0.4, -0.2) is 23.7 Å². The number of hydrogen-bond acceptors (Lipinski definition) is 3. The highest BCUT2D eigenvalue weighted by molar-refractivity contribution is 7.52. The van der Waals surface area contributed by atoms with Crippen molar-refractivity contribution in [1.82, 2.24) is 0 Å². The van der Waals surface area contributed by atoms with Gasteiger partial charge in [0.25, 0.3) is 0 Å². The Balaban J connectivity index is 3.73. The Labute approximate surface area is 80.0 Å². The third kappa shape index (κ3) is 7.20. The topological polar surface area (TPSA) is 72.5 Å². The van der Waals surface area contributed by atoms with Crippen LogP contribution in [0, 0.1) is 0 Å². The Morgan fingerprint density at radius 3 is 2.62 bits per heavy atom. The van der Waals surface area contributed by atoms with Crippen LogP contribution < -0.4 is 5.73 Å². The summed E-state index contributed by atoms with van der Waals surface area (Å²) in [5, 5.41) is 0. The summed E-state index contributed by atoms with van der Waals surface area (Å²) < 4.78 is 16.4. The molecule has 0 amide bonds. The number of nitrogens with two attached hydrogens (primary N) is 1. The van der Waals surface area contributed by atoms with Gasteiger partial charge in [0.15, 0.2) is 0 Å². The summed E-state index contributed by atoms with van der Waals surface area (Å²) in [6.07, 6.45) is 2.25. The summed E-state index contributed by atoms with van der Waals surface area (Å²) in [4.78, 5) is 9.34. The van der Waals surface area contributed by atoms with Crippen molar-refractivity contribution in [3.8, 4) is 0 Å². The first-order chi connectivity index (χ1) is 6.02. The van der Waals surface area contributed by atoms with Crippen molar-refractivity contribution in [1.29, 1.82) is 0 Å². The van der Waals surface area contributed by atoms with Crippen molar-refractivity contribution in [2.75, 3.05) is 12.7 Å². The van der Waals surface area contributed by atoms with E-state index >= 15 is 0 Å². The lowest BCUT2D eigenvalue weighted by molar-refractivity contribution is 0.185. The zero-order chi connectivity index (χ0) is 10.3. The van der Waals surface area contributed by atoms with Gasteiger partial charge in [-0.25, -0.2) is 0 Å². The van der Waals surface area contributed by atoms with E-state index in [0.717, 1.165) is 12.8 Å². The molecule has 2 atom stereocenters. The molecule has 80 valence electrons. The summed E-state index contributed by atoms with van der Waals surface area (Å²) in [6.45, 7) is 4.28. The molecule has 0 aliphatic rings. The normalized spacial score (nSPS) is 18.2. The molecule has 0 saturated heterocycles. The maximum absolute atomic E-state index is 11.4. The fraction of sp³-hybridized carbons (Fsp3) is 1.00. The number of hydrogen-bond donors (Lipinski definition) is 2. The minimum atomic E-state index is -3.35. The van der Waals surface area contributed by atoms with E-state index in [1.165, 1.54) is 0 Å². The monoisotopic (exact) mass is 209 g/mol. The lowest BCUT2D eigenvalue weighted by Gasteiger charge is -2.16. The molecule has 0 heterocycles. The summed E-state index contributed by atoms with van der Waals surface area (Å²) in [5.41, 5.74) is 5.27. The van der Waals surface area contributed by atoms with E-state index in [9.17, 15) is 9.46 Å². The maximum Gasteiger partial charge on any atom is 0.328 e. The van der Waals surface area contributed by atoms with E-state index in [2.05, 4.69) is 0 Å². The first-order valence-corrected chi connectivity index (χ1v) is 6.48. The molecule has 0 spiro atoms. The molecular formula is C8H20NO3P. The van der Waals surface area contributed by atoms with Gasteiger partial charge in [0.05, 0.1) is 12.3 Å². The van der Waals surface area contributed by atoms with Crippen LogP contribution in [0.5, 0.6) is 0 Å². The van der Waals surface area contributed by atoms with Crippen LogP contribution in [0.2, 0.25) is 0 Å². The second-order valence-electron chi connectivity index (χ2n) is 3.18. The predicted molar refractivity (Wildman–Crippen MR) is 53.8 cm³/mol. The minimum Gasteiger partial charge on any atom is -0.330 e. The quantitative estimate of drug-likeness (QED) is 0.494. The molecule has 0 saturated carbocycles. The molecule has 0 fully saturated rings. The molecule has 0 aliphatic carbocycles. The molecule has 0 aliphatic heterocycles. The van der Waals surface area contributed by atoms with Crippen LogP contribution in [0.4, 0.5) is 0 Å². The molecule has 5 heteroatoms. The first-order valence-electron chi connectivity index (χ1n) is 4.72. The van der Waals surface area contributed by atoms with Gasteiger partial charge in [0, 0.05) is 0 Å². The van der Waals surface area contributed by atoms with Crippen LogP contribution in [-0.2, 0) is 9.09 Å². The highest BCUT2D eigenvalue weighted by Gasteiger charge is 2.20. The molecular weight excluding hydrogens is 189 g/mol. The molecule has 0 radical (unpaired) electrons. The van der Waals surface area contributed by atoms with E-state index in [0.29, 0.717) is 13.0 Å². The molecule has 0 aromatic heterocycles. The molecule has 0 aromatic rings. The maximum atomic E-state index is 11.4. The highest BCUT2D eigenvalue weighted by atomic mass is 31.2. The van der Waals surface area contributed by atoms with Crippen molar-refractivity contribution in [2.45, 2.75) is 39.2 Å². The lowest BCUT2D eigenvalue weighted by atomic mass is 10.3. The zero-order valence-corrected chi connectivity index (χ0v) is 9.30. The first kappa shape index (κ1) is 13.1. The van der Waals surface area contributed by atoms with Crippen molar-refractivity contribution in [3.63, 3.8) is 0 Å². The van der Waals surface area contributed by atoms with Crippen LogP contribution >= 0.6 is 7.60 Å². The largest absolute Gasteiger partial charge is 0.330 e. The summed E-state index contributed by atoms with van der Waals surface area (Å²) in [6, 6.07) is 0. The molecule has 13 heavy (non-hydrogen) atoms. The zero-order valence-electron chi connectivity index (χ0n) is 8.40. The summed E-state index contributed by atoms with van der Waals surface area (Å²) in [7, 11) is -3.35.